The van der Waals surface area contributed by atoms with Gasteiger partial charge in [0.2, 0.25) is 0 Å². The minimum Gasteiger partial charge on any atom is -0.380 e. The van der Waals surface area contributed by atoms with Crippen molar-refractivity contribution in [3.8, 4) is 0 Å². The molecule has 2 rings (SSSR count). The van der Waals surface area contributed by atoms with Gasteiger partial charge in [0.1, 0.15) is 0 Å². The van der Waals surface area contributed by atoms with Gasteiger partial charge in [0.25, 0.3) is 0 Å². The maximum Gasteiger partial charge on any atom is 0.0728 e. The molecular formula is C9H10N2O. The van der Waals surface area contributed by atoms with Crippen LogP contribution in [0.1, 0.15) is 6.93 Å². The van der Waals surface area contributed by atoms with Crippen LogP contribution in [0.5, 0.6) is 0 Å². The van der Waals surface area contributed by atoms with Gasteiger partial charge in [0.05, 0.1) is 13.5 Å². The van der Waals surface area contributed by atoms with E-state index in [1.807, 2.05) is 18.3 Å². The first-order valence-corrected chi connectivity index (χ1v) is 3.73. The maximum absolute atomic E-state index is 7.50. The summed E-state index contributed by atoms with van der Waals surface area (Å²) in [6, 6.07) is 4.27. The standard InChI is InChI=1S/C9H10N2O/c1-12-7-8-2-3-9-4-5-10-11(9)6-8/h2-6H,7H2,1H3/i4D. The summed E-state index contributed by atoms with van der Waals surface area (Å²) >= 11 is 0. The molecule has 2 aromatic heterocycles. The lowest BCUT2D eigenvalue weighted by molar-refractivity contribution is 0.184. The summed E-state index contributed by atoms with van der Waals surface area (Å²) in [5.41, 5.74) is 1.87. The second-order valence-electron chi connectivity index (χ2n) is 2.59. The molecular weight excluding hydrogens is 152 g/mol. The highest BCUT2D eigenvalue weighted by molar-refractivity contribution is 5.45. The number of aromatic nitrogens is 2. The molecule has 0 radical (unpaired) electrons. The van der Waals surface area contributed by atoms with E-state index in [1.165, 1.54) is 6.20 Å². The predicted octanol–water partition coefficient (Wildman–Crippen LogP) is 1.48. The summed E-state index contributed by atoms with van der Waals surface area (Å²) < 4.78 is 14.2. The van der Waals surface area contributed by atoms with Crippen LogP contribution in [0.15, 0.2) is 30.6 Å². The molecule has 0 aliphatic rings. The number of fused-ring (bicyclic) bond motifs is 1. The van der Waals surface area contributed by atoms with E-state index in [0.29, 0.717) is 12.6 Å². The summed E-state index contributed by atoms with van der Waals surface area (Å²) in [6.07, 6.45) is 3.41. The number of methoxy groups -OCH3 is 1. The van der Waals surface area contributed by atoms with Gasteiger partial charge >= 0.3 is 0 Å². The molecule has 0 aromatic carbocycles. The zero-order chi connectivity index (χ0) is 9.26. The monoisotopic (exact) mass is 163 g/mol. The summed E-state index contributed by atoms with van der Waals surface area (Å²) in [5.74, 6) is 0. The van der Waals surface area contributed by atoms with Crippen LogP contribution in [0.25, 0.3) is 5.52 Å². The number of rotatable bonds is 2. The van der Waals surface area contributed by atoms with Crippen molar-refractivity contribution < 1.29 is 6.11 Å². The molecule has 2 heterocycles. The van der Waals surface area contributed by atoms with Gasteiger partial charge in [0, 0.05) is 19.5 Å². The molecule has 2 aromatic rings. The average molecular weight is 163 g/mol. The third kappa shape index (κ3) is 1.19. The topological polar surface area (TPSA) is 26.5 Å². The minimum atomic E-state index is 0.448. The van der Waals surface area contributed by atoms with Crippen LogP contribution in [-0.4, -0.2) is 16.7 Å². The Kier molecular flexibility index (Phi) is 1.52. The summed E-state index contributed by atoms with van der Waals surface area (Å²) in [6.45, 7) is 0.573. The summed E-state index contributed by atoms with van der Waals surface area (Å²) in [5, 5.41) is 4.03. The van der Waals surface area contributed by atoms with Crippen molar-refractivity contribution in [2.75, 3.05) is 7.11 Å². The van der Waals surface area contributed by atoms with E-state index in [2.05, 4.69) is 5.10 Å². The molecule has 0 bridgehead atoms. The maximum atomic E-state index is 7.50. The SMILES string of the molecule is [2H]c1cnn2cc(COC)ccc12. The first-order chi connectivity index (χ1) is 6.31. The van der Waals surface area contributed by atoms with Crippen LogP contribution in [0.4, 0.5) is 0 Å². The van der Waals surface area contributed by atoms with Gasteiger partial charge < -0.3 is 4.74 Å². The van der Waals surface area contributed by atoms with Crippen molar-refractivity contribution in [1.82, 2.24) is 9.61 Å². The second-order valence-corrected chi connectivity index (χ2v) is 2.59. The van der Waals surface area contributed by atoms with E-state index in [4.69, 9.17) is 6.11 Å². The highest BCUT2D eigenvalue weighted by atomic mass is 16.5. The first-order valence-electron chi connectivity index (χ1n) is 4.23. The number of hydrogen-bond donors (Lipinski definition) is 0. The van der Waals surface area contributed by atoms with Gasteiger partial charge in [-0.05, 0) is 17.7 Å². The number of ether oxygens (including phenoxy) is 1. The fraction of sp³-hybridized carbons (Fsp3) is 0.222. The van der Waals surface area contributed by atoms with Crippen LogP contribution >= 0.6 is 0 Å². The lowest BCUT2D eigenvalue weighted by Gasteiger charge is -1.99. The van der Waals surface area contributed by atoms with Gasteiger partial charge in [-0.3, -0.25) is 0 Å². The van der Waals surface area contributed by atoms with E-state index in [0.717, 1.165) is 11.1 Å². The Bertz CT molecular complexity index is 424. The Morgan fingerprint density at radius 1 is 1.67 bits per heavy atom. The second kappa shape index (κ2) is 2.95. The molecule has 0 N–H and O–H groups in total. The Hall–Kier alpha value is -1.35. The van der Waals surface area contributed by atoms with Gasteiger partial charge in [-0.1, -0.05) is 6.07 Å². The normalized spacial score (nSPS) is 11.9. The zero-order valence-corrected chi connectivity index (χ0v) is 6.82. The highest BCUT2D eigenvalue weighted by Crippen LogP contribution is 2.05. The fourth-order valence-electron chi connectivity index (χ4n) is 1.15. The molecule has 0 spiro atoms. The van der Waals surface area contributed by atoms with Gasteiger partial charge in [-0.2, -0.15) is 5.10 Å². The van der Waals surface area contributed by atoms with E-state index in [-0.39, 0.29) is 0 Å². The van der Waals surface area contributed by atoms with Crippen LogP contribution in [0, 0.1) is 0 Å². The summed E-state index contributed by atoms with van der Waals surface area (Å²) in [7, 11) is 1.66. The molecule has 12 heavy (non-hydrogen) atoms. The van der Waals surface area contributed by atoms with Crippen molar-refractivity contribution in [2.45, 2.75) is 6.61 Å². The molecule has 3 heteroatoms. The Morgan fingerprint density at radius 2 is 2.58 bits per heavy atom. The van der Waals surface area contributed by atoms with Gasteiger partial charge in [-0.25, -0.2) is 4.52 Å². The Balaban J connectivity index is 2.50. The predicted molar refractivity (Wildman–Crippen MR) is 45.9 cm³/mol. The fourth-order valence-corrected chi connectivity index (χ4v) is 1.15. The third-order valence-electron chi connectivity index (χ3n) is 1.70. The van der Waals surface area contributed by atoms with Crippen LogP contribution in [0.2, 0.25) is 0 Å². The van der Waals surface area contributed by atoms with E-state index in [1.54, 1.807) is 11.6 Å². The average Bonchev–Trinajstić information content (AvgIpc) is 2.48. The third-order valence-corrected chi connectivity index (χ3v) is 1.70. The number of pyridine rings is 1. The number of nitrogens with zero attached hydrogens (tertiary/aromatic N) is 2. The molecule has 0 aliphatic carbocycles. The van der Waals surface area contributed by atoms with Crippen LogP contribution < -0.4 is 0 Å². The molecule has 0 unspecified atom stereocenters. The van der Waals surface area contributed by atoms with E-state index >= 15 is 0 Å². The van der Waals surface area contributed by atoms with Gasteiger partial charge in [0.15, 0.2) is 0 Å². The van der Waals surface area contributed by atoms with Crippen molar-refractivity contribution in [1.29, 1.82) is 0 Å². The highest BCUT2D eigenvalue weighted by Gasteiger charge is 1.94. The Morgan fingerprint density at radius 3 is 3.42 bits per heavy atom. The molecule has 0 aliphatic heterocycles. The molecule has 0 saturated heterocycles. The Labute approximate surface area is 72.0 Å². The van der Waals surface area contributed by atoms with Gasteiger partial charge in [-0.15, -0.1) is 0 Å². The smallest absolute Gasteiger partial charge is 0.0728 e. The molecule has 0 fully saturated rings. The van der Waals surface area contributed by atoms with E-state index < -0.39 is 0 Å². The van der Waals surface area contributed by atoms with E-state index in [9.17, 15) is 0 Å². The van der Waals surface area contributed by atoms with Crippen LogP contribution in [0.3, 0.4) is 0 Å². The zero-order valence-electron chi connectivity index (χ0n) is 7.82. The van der Waals surface area contributed by atoms with Crippen molar-refractivity contribution >= 4 is 5.52 Å². The first kappa shape index (κ1) is 6.20. The van der Waals surface area contributed by atoms with Crippen molar-refractivity contribution in [2.24, 2.45) is 0 Å². The molecule has 3 nitrogen and oxygen atoms in total. The molecule has 0 saturated carbocycles. The van der Waals surface area contributed by atoms with Crippen LogP contribution in [-0.2, 0) is 11.3 Å². The van der Waals surface area contributed by atoms with Crippen molar-refractivity contribution in [3.05, 3.63) is 36.1 Å². The molecule has 0 amide bonds. The minimum absolute atomic E-state index is 0.448. The lowest BCUT2D eigenvalue weighted by Crippen LogP contribution is -1.92. The molecule has 62 valence electrons. The largest absolute Gasteiger partial charge is 0.380 e. The quantitative estimate of drug-likeness (QED) is 0.670. The number of hydrogen-bond acceptors (Lipinski definition) is 2. The lowest BCUT2D eigenvalue weighted by atomic mass is 10.3. The van der Waals surface area contributed by atoms with Crippen molar-refractivity contribution in [3.63, 3.8) is 0 Å². The summed E-state index contributed by atoms with van der Waals surface area (Å²) in [4.78, 5) is 0. The molecule has 0 atom stereocenters.